The molecule has 0 saturated carbocycles. The number of carbonyl (C=O) groups excluding carboxylic acids is 1. The molecule has 1 aromatic carbocycles. The van der Waals surface area contributed by atoms with Crippen LogP contribution in [0.4, 0.5) is 19.1 Å². The van der Waals surface area contributed by atoms with Gasteiger partial charge in [-0.25, -0.2) is 9.97 Å². The minimum atomic E-state index is -4.45. The highest BCUT2D eigenvalue weighted by atomic mass is 19.4. The van der Waals surface area contributed by atoms with Gasteiger partial charge in [0, 0.05) is 31.5 Å². The molecule has 1 aliphatic rings. The van der Waals surface area contributed by atoms with Gasteiger partial charge in [-0.3, -0.25) is 4.79 Å². The van der Waals surface area contributed by atoms with Crippen LogP contribution in [0.3, 0.4) is 0 Å². The maximum Gasteiger partial charge on any atom is 0.416 e. The third kappa shape index (κ3) is 5.32. The number of alkyl halides is 3. The van der Waals surface area contributed by atoms with Crippen LogP contribution in [0.5, 0.6) is 5.75 Å². The van der Waals surface area contributed by atoms with Crippen molar-refractivity contribution < 1.29 is 22.7 Å². The number of halogens is 3. The Kier molecular flexibility index (Phi) is 5.78. The molecular weight excluding hydrogens is 361 g/mol. The van der Waals surface area contributed by atoms with Crippen LogP contribution in [0, 0.1) is 0 Å². The molecule has 9 heteroatoms. The Labute approximate surface area is 154 Å². The fourth-order valence-corrected chi connectivity index (χ4v) is 2.86. The minimum absolute atomic E-state index is 0.0102. The van der Waals surface area contributed by atoms with E-state index in [0.29, 0.717) is 19.0 Å². The first-order valence-electron chi connectivity index (χ1n) is 8.53. The standard InChI is InChI=1S/C18H19F3N4O2/c19-18(20,21)13-3-1-4-15(11-13)27-12-16(26)24-14-5-9-25(10-6-14)17-22-7-2-8-23-17/h1-4,7-8,11,14H,5-6,9-10,12H2,(H,24,26). The molecule has 144 valence electrons. The molecule has 6 nitrogen and oxygen atoms in total. The zero-order valence-electron chi connectivity index (χ0n) is 14.4. The predicted octanol–water partition coefficient (Wildman–Crippen LogP) is 2.66. The fourth-order valence-electron chi connectivity index (χ4n) is 2.86. The van der Waals surface area contributed by atoms with Crippen molar-refractivity contribution >= 4 is 11.9 Å². The van der Waals surface area contributed by atoms with E-state index in [2.05, 4.69) is 15.3 Å². The zero-order valence-corrected chi connectivity index (χ0v) is 14.4. The zero-order chi connectivity index (χ0) is 19.3. The first-order valence-corrected chi connectivity index (χ1v) is 8.53. The monoisotopic (exact) mass is 380 g/mol. The molecule has 2 heterocycles. The van der Waals surface area contributed by atoms with Crippen LogP contribution >= 0.6 is 0 Å². The van der Waals surface area contributed by atoms with Gasteiger partial charge in [0.15, 0.2) is 6.61 Å². The van der Waals surface area contributed by atoms with Crippen molar-refractivity contribution in [2.45, 2.75) is 25.1 Å². The lowest BCUT2D eigenvalue weighted by atomic mass is 10.1. The number of amides is 1. The SMILES string of the molecule is O=C(COc1cccc(C(F)(F)F)c1)NC1CCN(c2ncccn2)CC1. The Hall–Kier alpha value is -2.84. The Morgan fingerprint density at radius 3 is 2.56 bits per heavy atom. The van der Waals surface area contributed by atoms with Gasteiger partial charge in [0.05, 0.1) is 5.56 Å². The van der Waals surface area contributed by atoms with E-state index in [1.54, 1.807) is 18.5 Å². The highest BCUT2D eigenvalue weighted by Gasteiger charge is 2.30. The summed E-state index contributed by atoms with van der Waals surface area (Å²) in [5.74, 6) is 0.313. The number of rotatable bonds is 5. The average molecular weight is 380 g/mol. The lowest BCUT2D eigenvalue weighted by Crippen LogP contribution is -2.46. The molecule has 0 aliphatic carbocycles. The van der Waals surface area contributed by atoms with Crippen molar-refractivity contribution in [3.05, 3.63) is 48.3 Å². The van der Waals surface area contributed by atoms with Gasteiger partial charge < -0.3 is 15.0 Å². The Morgan fingerprint density at radius 2 is 1.89 bits per heavy atom. The number of benzene rings is 1. The third-order valence-electron chi connectivity index (χ3n) is 4.23. The minimum Gasteiger partial charge on any atom is -0.484 e. The van der Waals surface area contributed by atoms with E-state index in [0.717, 1.165) is 25.0 Å². The second-order valence-electron chi connectivity index (χ2n) is 6.19. The van der Waals surface area contributed by atoms with Crippen LogP contribution in [0.1, 0.15) is 18.4 Å². The number of anilines is 1. The summed E-state index contributed by atoms with van der Waals surface area (Å²) in [6.45, 7) is 1.09. The molecule has 2 aromatic rings. The van der Waals surface area contributed by atoms with Crippen LogP contribution in [0.25, 0.3) is 0 Å². The maximum atomic E-state index is 12.7. The van der Waals surface area contributed by atoms with Crippen LogP contribution in [-0.4, -0.2) is 41.6 Å². The number of piperidine rings is 1. The molecule has 0 radical (unpaired) electrons. The summed E-state index contributed by atoms with van der Waals surface area (Å²) < 4.78 is 43.2. The maximum absolute atomic E-state index is 12.7. The van der Waals surface area contributed by atoms with Crippen molar-refractivity contribution in [3.63, 3.8) is 0 Å². The van der Waals surface area contributed by atoms with E-state index in [1.807, 2.05) is 4.90 Å². The van der Waals surface area contributed by atoms with E-state index in [4.69, 9.17) is 4.74 Å². The summed E-state index contributed by atoms with van der Waals surface area (Å²) in [4.78, 5) is 22.5. The molecule has 1 aliphatic heterocycles. The second kappa shape index (κ2) is 8.24. The van der Waals surface area contributed by atoms with Crippen molar-refractivity contribution in [1.82, 2.24) is 15.3 Å². The van der Waals surface area contributed by atoms with Gasteiger partial charge in [-0.1, -0.05) is 6.07 Å². The molecule has 27 heavy (non-hydrogen) atoms. The highest BCUT2D eigenvalue weighted by Crippen LogP contribution is 2.31. The number of aromatic nitrogens is 2. The lowest BCUT2D eigenvalue weighted by molar-refractivity contribution is -0.137. The van der Waals surface area contributed by atoms with Gasteiger partial charge in [-0.15, -0.1) is 0 Å². The fraction of sp³-hybridized carbons (Fsp3) is 0.389. The summed E-state index contributed by atoms with van der Waals surface area (Å²) in [5, 5.41) is 2.85. The Morgan fingerprint density at radius 1 is 1.19 bits per heavy atom. The first kappa shape index (κ1) is 18.9. The molecule has 1 saturated heterocycles. The van der Waals surface area contributed by atoms with Gasteiger partial charge >= 0.3 is 6.18 Å². The summed E-state index contributed by atoms with van der Waals surface area (Å²) in [7, 11) is 0. The predicted molar refractivity (Wildman–Crippen MR) is 92.3 cm³/mol. The normalized spacial score (nSPS) is 15.4. The first-order chi connectivity index (χ1) is 12.9. The largest absolute Gasteiger partial charge is 0.484 e. The van der Waals surface area contributed by atoms with E-state index < -0.39 is 11.7 Å². The van der Waals surface area contributed by atoms with Crippen LogP contribution in [0.15, 0.2) is 42.7 Å². The summed E-state index contributed by atoms with van der Waals surface area (Å²) in [5.41, 5.74) is -0.809. The number of ether oxygens (including phenoxy) is 1. The van der Waals surface area contributed by atoms with Crippen molar-refractivity contribution in [2.75, 3.05) is 24.6 Å². The number of carbonyl (C=O) groups is 1. The molecule has 1 N–H and O–H groups in total. The van der Waals surface area contributed by atoms with Gasteiger partial charge in [-0.2, -0.15) is 13.2 Å². The van der Waals surface area contributed by atoms with Crippen LogP contribution < -0.4 is 15.0 Å². The molecule has 3 rings (SSSR count). The van der Waals surface area contributed by atoms with E-state index >= 15 is 0 Å². The Balaban J connectivity index is 1.44. The number of hydrogen-bond donors (Lipinski definition) is 1. The van der Waals surface area contributed by atoms with Crippen molar-refractivity contribution in [1.29, 1.82) is 0 Å². The average Bonchev–Trinajstić information content (AvgIpc) is 2.67. The van der Waals surface area contributed by atoms with Crippen molar-refractivity contribution in [2.24, 2.45) is 0 Å². The molecule has 1 amide bonds. The molecular formula is C18H19F3N4O2. The molecule has 0 atom stereocenters. The highest BCUT2D eigenvalue weighted by molar-refractivity contribution is 5.77. The Bertz CT molecular complexity index is 763. The van der Waals surface area contributed by atoms with Crippen LogP contribution in [0.2, 0.25) is 0 Å². The number of hydrogen-bond acceptors (Lipinski definition) is 5. The van der Waals surface area contributed by atoms with Crippen LogP contribution in [-0.2, 0) is 11.0 Å². The molecule has 0 spiro atoms. The summed E-state index contributed by atoms with van der Waals surface area (Å²) in [6.07, 6.45) is 0.377. The summed E-state index contributed by atoms with van der Waals surface area (Å²) >= 11 is 0. The molecule has 1 aromatic heterocycles. The number of nitrogens with zero attached hydrogens (tertiary/aromatic N) is 3. The summed E-state index contributed by atoms with van der Waals surface area (Å²) in [6, 6.07) is 6.21. The quantitative estimate of drug-likeness (QED) is 0.864. The van der Waals surface area contributed by atoms with Crippen molar-refractivity contribution in [3.8, 4) is 5.75 Å². The molecule has 0 unspecified atom stereocenters. The van der Waals surface area contributed by atoms with E-state index in [-0.39, 0.29) is 24.3 Å². The smallest absolute Gasteiger partial charge is 0.416 e. The van der Waals surface area contributed by atoms with Gasteiger partial charge in [0.1, 0.15) is 5.75 Å². The second-order valence-corrected chi connectivity index (χ2v) is 6.19. The number of nitrogens with one attached hydrogen (secondary N) is 1. The molecule has 1 fully saturated rings. The van der Waals surface area contributed by atoms with E-state index in [9.17, 15) is 18.0 Å². The lowest BCUT2D eigenvalue weighted by Gasteiger charge is -2.32. The molecule has 0 bridgehead atoms. The van der Waals surface area contributed by atoms with Gasteiger partial charge in [0.2, 0.25) is 5.95 Å². The van der Waals surface area contributed by atoms with Gasteiger partial charge in [-0.05, 0) is 37.1 Å². The third-order valence-corrected chi connectivity index (χ3v) is 4.23. The topological polar surface area (TPSA) is 67.3 Å². The van der Waals surface area contributed by atoms with E-state index in [1.165, 1.54) is 12.1 Å². The van der Waals surface area contributed by atoms with Gasteiger partial charge in [0.25, 0.3) is 5.91 Å².